The van der Waals surface area contributed by atoms with Gasteiger partial charge in [0.2, 0.25) is 5.75 Å². The van der Waals surface area contributed by atoms with E-state index >= 15 is 0 Å². The lowest BCUT2D eigenvalue weighted by Crippen LogP contribution is -2.01. The molecule has 1 aliphatic carbocycles. The predicted octanol–water partition coefficient (Wildman–Crippen LogP) is 3.74. The number of aromatic hydroxyl groups is 1. The van der Waals surface area contributed by atoms with Crippen LogP contribution in [0.4, 0.5) is 5.82 Å². The number of nitrogens with one attached hydrogen (secondary N) is 1. The van der Waals surface area contributed by atoms with Crippen molar-refractivity contribution in [2.75, 3.05) is 19.6 Å². The number of thiophene rings is 1. The molecule has 2 aromatic heterocycles. The number of methoxy groups -OCH3 is 2. The maximum atomic E-state index is 10.00. The van der Waals surface area contributed by atoms with Crippen molar-refractivity contribution in [3.8, 4) is 17.2 Å². The first kappa shape index (κ1) is 17.5. The standard InChI is InChI=1S/C19H20N4O3S/c1-25-13-7-11(8-14(26-2)17(13)24)9-22-23-18-16-12-5-3-4-6-15(12)27-19(16)21-10-20-18/h7-10,24H,3-6H2,1-2H3,(H,20,21,23)/b22-9-. The number of phenolic OH excluding ortho intramolecular Hbond substituents is 1. The molecule has 0 radical (unpaired) electrons. The molecule has 2 heterocycles. The number of rotatable bonds is 5. The lowest BCUT2D eigenvalue weighted by Gasteiger charge is -2.11. The molecule has 0 saturated heterocycles. The molecule has 27 heavy (non-hydrogen) atoms. The van der Waals surface area contributed by atoms with Crippen LogP contribution in [0.3, 0.4) is 0 Å². The normalized spacial score (nSPS) is 13.7. The van der Waals surface area contributed by atoms with Gasteiger partial charge in [0, 0.05) is 10.4 Å². The molecule has 4 rings (SSSR count). The fourth-order valence-electron chi connectivity index (χ4n) is 3.33. The quantitative estimate of drug-likeness (QED) is 0.515. The molecule has 8 heteroatoms. The Kier molecular flexibility index (Phi) is 4.81. The van der Waals surface area contributed by atoms with Gasteiger partial charge in [-0.2, -0.15) is 5.10 Å². The minimum atomic E-state index is -0.0347. The third kappa shape index (κ3) is 3.28. The van der Waals surface area contributed by atoms with E-state index in [9.17, 15) is 5.11 Å². The van der Waals surface area contributed by atoms with Crippen LogP contribution < -0.4 is 14.9 Å². The van der Waals surface area contributed by atoms with E-state index in [0.29, 0.717) is 17.3 Å². The topological polar surface area (TPSA) is 88.9 Å². The summed E-state index contributed by atoms with van der Waals surface area (Å²) in [6, 6.07) is 3.37. The second-order valence-corrected chi connectivity index (χ2v) is 7.34. The SMILES string of the molecule is COc1cc(/C=N\Nc2ncnc3sc4c(c23)CCCC4)cc(OC)c1O. The van der Waals surface area contributed by atoms with Crippen LogP contribution in [-0.2, 0) is 12.8 Å². The number of hydrogen-bond acceptors (Lipinski definition) is 8. The first-order valence-corrected chi connectivity index (χ1v) is 9.52. The molecule has 3 aromatic rings. The third-order valence-corrected chi connectivity index (χ3v) is 5.84. The fourth-order valence-corrected chi connectivity index (χ4v) is 4.56. The summed E-state index contributed by atoms with van der Waals surface area (Å²) in [4.78, 5) is 11.2. The van der Waals surface area contributed by atoms with Crippen LogP contribution in [-0.4, -0.2) is 35.5 Å². The molecular formula is C19H20N4O3S. The summed E-state index contributed by atoms with van der Waals surface area (Å²) in [7, 11) is 2.98. The van der Waals surface area contributed by atoms with Crippen LogP contribution in [0.1, 0.15) is 28.8 Å². The molecule has 0 saturated carbocycles. The highest BCUT2D eigenvalue weighted by atomic mass is 32.1. The summed E-state index contributed by atoms with van der Waals surface area (Å²) >= 11 is 1.75. The van der Waals surface area contributed by atoms with Gasteiger partial charge >= 0.3 is 0 Å². The van der Waals surface area contributed by atoms with Gasteiger partial charge in [0.05, 0.1) is 25.8 Å². The van der Waals surface area contributed by atoms with Gasteiger partial charge < -0.3 is 14.6 Å². The van der Waals surface area contributed by atoms with Crippen molar-refractivity contribution in [2.45, 2.75) is 25.7 Å². The van der Waals surface area contributed by atoms with Crippen LogP contribution in [0.2, 0.25) is 0 Å². The number of fused-ring (bicyclic) bond motifs is 3. The minimum absolute atomic E-state index is 0.0347. The smallest absolute Gasteiger partial charge is 0.200 e. The summed E-state index contributed by atoms with van der Waals surface area (Å²) in [6.07, 6.45) is 7.81. The molecule has 0 atom stereocenters. The van der Waals surface area contributed by atoms with Gasteiger partial charge in [-0.3, -0.25) is 5.43 Å². The van der Waals surface area contributed by atoms with Crippen LogP contribution in [0.5, 0.6) is 17.2 Å². The van der Waals surface area contributed by atoms with E-state index in [1.807, 2.05) is 0 Å². The molecule has 1 aliphatic rings. The number of benzene rings is 1. The zero-order valence-electron chi connectivity index (χ0n) is 15.2. The van der Waals surface area contributed by atoms with Crippen molar-refractivity contribution in [3.05, 3.63) is 34.5 Å². The number of phenols is 1. The lowest BCUT2D eigenvalue weighted by molar-refractivity contribution is 0.340. The van der Waals surface area contributed by atoms with Crippen molar-refractivity contribution in [2.24, 2.45) is 5.10 Å². The van der Waals surface area contributed by atoms with Crippen molar-refractivity contribution >= 4 is 33.6 Å². The van der Waals surface area contributed by atoms with Gasteiger partial charge in [0.1, 0.15) is 11.2 Å². The largest absolute Gasteiger partial charge is 0.502 e. The van der Waals surface area contributed by atoms with Gasteiger partial charge in [-0.15, -0.1) is 11.3 Å². The van der Waals surface area contributed by atoms with Gasteiger partial charge in [0.15, 0.2) is 17.3 Å². The Labute approximate surface area is 160 Å². The Balaban J connectivity index is 1.63. The lowest BCUT2D eigenvalue weighted by atomic mass is 9.97. The summed E-state index contributed by atoms with van der Waals surface area (Å²) in [5.41, 5.74) is 5.13. The summed E-state index contributed by atoms with van der Waals surface area (Å²) in [5, 5.41) is 15.4. The van der Waals surface area contributed by atoms with Crippen LogP contribution >= 0.6 is 11.3 Å². The van der Waals surface area contributed by atoms with E-state index in [1.165, 1.54) is 37.5 Å². The number of hydrogen-bond donors (Lipinski definition) is 2. The van der Waals surface area contributed by atoms with E-state index in [1.54, 1.807) is 36.0 Å². The Morgan fingerprint density at radius 3 is 2.63 bits per heavy atom. The Morgan fingerprint density at radius 2 is 1.89 bits per heavy atom. The number of aromatic nitrogens is 2. The Bertz CT molecular complexity index is 991. The van der Waals surface area contributed by atoms with Gasteiger partial charge in [-0.25, -0.2) is 9.97 Å². The second kappa shape index (κ2) is 7.40. The van der Waals surface area contributed by atoms with Gasteiger partial charge in [0.25, 0.3) is 0 Å². The van der Waals surface area contributed by atoms with Crippen molar-refractivity contribution < 1.29 is 14.6 Å². The number of hydrazone groups is 1. The molecule has 1 aromatic carbocycles. The molecule has 0 amide bonds. The maximum absolute atomic E-state index is 10.00. The molecule has 0 bridgehead atoms. The van der Waals surface area contributed by atoms with E-state index in [0.717, 1.165) is 28.6 Å². The second-order valence-electron chi connectivity index (χ2n) is 6.26. The van der Waals surface area contributed by atoms with Crippen molar-refractivity contribution in [1.29, 1.82) is 0 Å². The zero-order chi connectivity index (χ0) is 18.8. The fraction of sp³-hybridized carbons (Fsp3) is 0.316. The van der Waals surface area contributed by atoms with E-state index < -0.39 is 0 Å². The Hall–Kier alpha value is -2.87. The molecular weight excluding hydrogens is 364 g/mol. The summed E-state index contributed by atoms with van der Waals surface area (Å²) in [6.45, 7) is 0. The average molecular weight is 384 g/mol. The number of aryl methyl sites for hydroxylation is 2. The van der Waals surface area contributed by atoms with Crippen molar-refractivity contribution in [1.82, 2.24) is 9.97 Å². The highest BCUT2D eigenvalue weighted by Gasteiger charge is 2.19. The molecule has 2 N–H and O–H groups in total. The average Bonchev–Trinajstić information content (AvgIpc) is 3.08. The van der Waals surface area contributed by atoms with Crippen LogP contribution in [0.15, 0.2) is 23.6 Å². The molecule has 0 spiro atoms. The summed E-state index contributed by atoms with van der Waals surface area (Å²) < 4.78 is 10.3. The third-order valence-electron chi connectivity index (χ3n) is 4.64. The highest BCUT2D eigenvalue weighted by Crippen LogP contribution is 2.38. The number of ether oxygens (including phenoxy) is 2. The summed E-state index contributed by atoms with van der Waals surface area (Å²) in [5.74, 6) is 1.33. The first-order chi connectivity index (χ1) is 13.2. The van der Waals surface area contributed by atoms with E-state index in [2.05, 4.69) is 20.5 Å². The molecule has 140 valence electrons. The van der Waals surface area contributed by atoms with Gasteiger partial charge in [-0.05, 0) is 43.4 Å². The molecule has 0 aliphatic heterocycles. The van der Waals surface area contributed by atoms with E-state index in [-0.39, 0.29) is 5.75 Å². The Morgan fingerprint density at radius 1 is 1.15 bits per heavy atom. The minimum Gasteiger partial charge on any atom is -0.502 e. The highest BCUT2D eigenvalue weighted by molar-refractivity contribution is 7.19. The maximum Gasteiger partial charge on any atom is 0.200 e. The molecule has 0 unspecified atom stereocenters. The van der Waals surface area contributed by atoms with E-state index in [4.69, 9.17) is 9.47 Å². The molecule has 7 nitrogen and oxygen atoms in total. The first-order valence-electron chi connectivity index (χ1n) is 8.70. The number of nitrogens with zero attached hydrogens (tertiary/aromatic N) is 3. The van der Waals surface area contributed by atoms with Crippen LogP contribution in [0, 0.1) is 0 Å². The zero-order valence-corrected chi connectivity index (χ0v) is 16.0. The van der Waals surface area contributed by atoms with Gasteiger partial charge in [-0.1, -0.05) is 0 Å². The van der Waals surface area contributed by atoms with Crippen LogP contribution in [0.25, 0.3) is 10.2 Å². The predicted molar refractivity (Wildman–Crippen MR) is 106 cm³/mol. The molecule has 0 fully saturated rings. The van der Waals surface area contributed by atoms with Crippen molar-refractivity contribution in [3.63, 3.8) is 0 Å². The monoisotopic (exact) mass is 384 g/mol. The number of anilines is 1.